The standard InChI is InChI=1S/C30H24N6Si.Pt/c1-37(2,27-17-15-25(23-11-5-3-6-12-23)29(33-27)35-21-9-19-31-35)28-18-16-26(24-13-7-4-8-14-24)30(34-28)36-22-10-20-32-36;/h3-20H,1-2H3;/q-2;+2. The Labute approximate surface area is 237 Å². The Bertz CT molecular complexity index is 1510. The van der Waals surface area contributed by atoms with Crippen molar-refractivity contribution in [3.8, 4) is 33.9 Å². The molecular weight excluding hydrogens is 668 g/mol. The largest absolute Gasteiger partial charge is 2.00 e. The molecule has 0 saturated carbocycles. The molecule has 2 aromatic carbocycles. The molecule has 0 radical (unpaired) electrons. The van der Waals surface area contributed by atoms with Crippen molar-refractivity contribution in [1.29, 1.82) is 0 Å². The summed E-state index contributed by atoms with van der Waals surface area (Å²) in [5, 5.41) is 10.9. The van der Waals surface area contributed by atoms with Gasteiger partial charge in [0.15, 0.2) is 8.07 Å². The SMILES string of the molecule is C[Si](C)(c1ccc(-c2ccccc2)c(-n2[c-]ccn2)n1)c1ccc(-c2ccccc2)c(-n2[c-]ccn2)n1.[Pt+2]. The molecule has 0 saturated heterocycles. The van der Waals surface area contributed by atoms with Gasteiger partial charge in [-0.3, -0.25) is 10.2 Å². The molecule has 188 valence electrons. The zero-order valence-electron chi connectivity index (χ0n) is 20.9. The molecule has 0 spiro atoms. The maximum Gasteiger partial charge on any atom is 2.00 e. The molecule has 0 bridgehead atoms. The summed E-state index contributed by atoms with van der Waals surface area (Å²) in [4.78, 5) is 10.3. The Morgan fingerprint density at radius 3 is 1.37 bits per heavy atom. The smallest absolute Gasteiger partial charge is 0.343 e. The quantitative estimate of drug-likeness (QED) is 0.189. The van der Waals surface area contributed by atoms with Crippen molar-refractivity contribution in [2.45, 2.75) is 13.1 Å². The maximum atomic E-state index is 5.17. The molecule has 0 aliphatic carbocycles. The number of aromatic nitrogens is 6. The summed E-state index contributed by atoms with van der Waals surface area (Å²) in [6, 6.07) is 32.6. The molecule has 4 heterocycles. The molecule has 6 nitrogen and oxygen atoms in total. The van der Waals surface area contributed by atoms with E-state index < -0.39 is 8.07 Å². The van der Waals surface area contributed by atoms with Gasteiger partial charge < -0.3 is 19.3 Å². The van der Waals surface area contributed by atoms with Gasteiger partial charge in [-0.05, 0) is 34.4 Å². The summed E-state index contributed by atoms with van der Waals surface area (Å²) in [5.41, 5.74) is 4.19. The summed E-state index contributed by atoms with van der Waals surface area (Å²) in [7, 11) is -2.32. The fraction of sp³-hybridized carbons (Fsp3) is 0.0667. The molecular formula is C30H24N6PtSi. The summed E-state index contributed by atoms with van der Waals surface area (Å²) >= 11 is 0. The van der Waals surface area contributed by atoms with Crippen LogP contribution in [0.4, 0.5) is 0 Å². The van der Waals surface area contributed by atoms with Crippen molar-refractivity contribution >= 4 is 18.7 Å². The van der Waals surface area contributed by atoms with E-state index in [-0.39, 0.29) is 21.1 Å². The number of rotatable bonds is 6. The Kier molecular flexibility index (Phi) is 7.32. The molecule has 0 amide bonds. The van der Waals surface area contributed by atoms with Crippen LogP contribution in [0.5, 0.6) is 0 Å². The van der Waals surface area contributed by atoms with Crippen LogP contribution in [0, 0.1) is 12.4 Å². The average molecular weight is 692 g/mol. The summed E-state index contributed by atoms with van der Waals surface area (Å²) in [5.74, 6) is 1.52. The van der Waals surface area contributed by atoms with Crippen LogP contribution in [0.3, 0.4) is 0 Å². The summed E-state index contributed by atoms with van der Waals surface area (Å²) in [6.07, 6.45) is 9.77. The number of nitrogens with zero attached hydrogens (tertiary/aromatic N) is 6. The van der Waals surface area contributed by atoms with E-state index in [1.165, 1.54) is 0 Å². The van der Waals surface area contributed by atoms with Gasteiger partial charge in [0.2, 0.25) is 0 Å². The number of hydrogen-bond acceptors (Lipinski definition) is 4. The predicted molar refractivity (Wildman–Crippen MR) is 148 cm³/mol. The fourth-order valence-corrected chi connectivity index (χ4v) is 6.47. The molecule has 0 atom stereocenters. The molecule has 38 heavy (non-hydrogen) atoms. The Hall–Kier alpha value is -3.93. The first-order chi connectivity index (χ1) is 18.1. The van der Waals surface area contributed by atoms with Crippen LogP contribution in [0.15, 0.2) is 109 Å². The first kappa shape index (κ1) is 25.7. The number of hydrogen-bond donors (Lipinski definition) is 0. The minimum Gasteiger partial charge on any atom is -0.343 e. The molecule has 4 aromatic heterocycles. The van der Waals surface area contributed by atoms with E-state index in [9.17, 15) is 0 Å². The van der Waals surface area contributed by atoms with Crippen LogP contribution in [-0.2, 0) is 21.1 Å². The number of pyridine rings is 2. The van der Waals surface area contributed by atoms with Crippen molar-refractivity contribution in [3.05, 3.63) is 122 Å². The van der Waals surface area contributed by atoms with Crippen molar-refractivity contribution in [3.63, 3.8) is 0 Å². The molecule has 0 aliphatic heterocycles. The first-order valence-electron chi connectivity index (χ1n) is 12.1. The Balaban J connectivity index is 0.00000294. The first-order valence-corrected chi connectivity index (χ1v) is 15.1. The van der Waals surface area contributed by atoms with Crippen molar-refractivity contribution < 1.29 is 21.1 Å². The van der Waals surface area contributed by atoms with Crippen LogP contribution in [0.25, 0.3) is 33.9 Å². The average Bonchev–Trinajstić information content (AvgIpc) is 3.69. The summed E-state index contributed by atoms with van der Waals surface area (Å²) in [6.45, 7) is 4.55. The number of benzene rings is 2. The third-order valence-electron chi connectivity index (χ3n) is 6.51. The van der Waals surface area contributed by atoms with Gasteiger partial charge in [-0.15, -0.1) is 12.1 Å². The van der Waals surface area contributed by atoms with E-state index in [0.717, 1.165) is 44.5 Å². The van der Waals surface area contributed by atoms with Gasteiger partial charge in [-0.25, -0.2) is 0 Å². The second-order valence-corrected chi connectivity index (χ2v) is 13.5. The van der Waals surface area contributed by atoms with Gasteiger partial charge >= 0.3 is 21.1 Å². The van der Waals surface area contributed by atoms with E-state index in [1.807, 2.05) is 36.4 Å². The van der Waals surface area contributed by atoms with Gasteiger partial charge in [0.05, 0.1) is 11.6 Å². The van der Waals surface area contributed by atoms with Crippen LogP contribution in [0.1, 0.15) is 0 Å². The predicted octanol–water partition coefficient (Wildman–Crippen LogP) is 4.60. The van der Waals surface area contributed by atoms with E-state index in [2.05, 4.69) is 84.2 Å². The molecule has 0 fully saturated rings. The van der Waals surface area contributed by atoms with E-state index >= 15 is 0 Å². The van der Waals surface area contributed by atoms with Gasteiger partial charge in [0.1, 0.15) is 0 Å². The second kappa shape index (κ2) is 10.8. The normalized spacial score (nSPS) is 11.2. The molecule has 0 unspecified atom stereocenters. The van der Waals surface area contributed by atoms with E-state index in [4.69, 9.17) is 9.97 Å². The minimum absolute atomic E-state index is 0. The van der Waals surface area contributed by atoms with E-state index in [0.29, 0.717) is 0 Å². The van der Waals surface area contributed by atoms with Crippen LogP contribution in [0.2, 0.25) is 13.1 Å². The Morgan fingerprint density at radius 2 is 1.00 bits per heavy atom. The van der Waals surface area contributed by atoms with Gasteiger partial charge in [-0.2, -0.15) is 0 Å². The zero-order chi connectivity index (χ0) is 25.2. The van der Waals surface area contributed by atoms with Gasteiger partial charge in [0, 0.05) is 10.6 Å². The zero-order valence-corrected chi connectivity index (χ0v) is 24.2. The van der Waals surface area contributed by atoms with Gasteiger partial charge in [0.25, 0.3) is 0 Å². The second-order valence-electron chi connectivity index (χ2n) is 9.24. The van der Waals surface area contributed by atoms with Crippen molar-refractivity contribution in [2.75, 3.05) is 0 Å². The van der Waals surface area contributed by atoms with Crippen molar-refractivity contribution in [2.24, 2.45) is 0 Å². The topological polar surface area (TPSA) is 61.4 Å². The minimum atomic E-state index is -2.32. The molecule has 6 aromatic rings. The Morgan fingerprint density at radius 1 is 0.579 bits per heavy atom. The summed E-state index contributed by atoms with van der Waals surface area (Å²) < 4.78 is 3.43. The monoisotopic (exact) mass is 691 g/mol. The molecule has 0 aliphatic rings. The molecule has 6 rings (SSSR count). The van der Waals surface area contributed by atoms with Gasteiger partial charge in [-0.1, -0.05) is 111 Å². The van der Waals surface area contributed by atoms with Crippen molar-refractivity contribution in [1.82, 2.24) is 29.5 Å². The third kappa shape index (κ3) is 4.83. The molecule has 8 heteroatoms. The van der Waals surface area contributed by atoms with Crippen LogP contribution < -0.4 is 10.6 Å². The van der Waals surface area contributed by atoms with Crippen LogP contribution >= 0.6 is 0 Å². The van der Waals surface area contributed by atoms with E-state index in [1.54, 1.807) is 33.9 Å². The third-order valence-corrected chi connectivity index (χ3v) is 9.63. The molecule has 0 N–H and O–H groups in total. The van der Waals surface area contributed by atoms with Crippen LogP contribution in [-0.4, -0.2) is 37.6 Å². The fourth-order valence-electron chi connectivity index (χ4n) is 4.44. The maximum absolute atomic E-state index is 5.17.